The first-order valence-corrected chi connectivity index (χ1v) is 12.6. The van der Waals surface area contributed by atoms with E-state index in [1.807, 2.05) is 61.5 Å². The molecule has 0 aliphatic rings. The first-order chi connectivity index (χ1) is 15.1. The van der Waals surface area contributed by atoms with E-state index < -0.39 is 28.0 Å². The molecule has 0 radical (unpaired) electrons. The molecule has 0 aromatic heterocycles. The third kappa shape index (κ3) is 5.44. The number of benzene rings is 3. The van der Waals surface area contributed by atoms with E-state index in [0.717, 1.165) is 27.3 Å². The van der Waals surface area contributed by atoms with Crippen molar-refractivity contribution in [1.29, 1.82) is 0 Å². The number of nitrogens with zero attached hydrogens (tertiary/aromatic N) is 1. The largest absolute Gasteiger partial charge is 0.343 e. The molecule has 0 heterocycles. The van der Waals surface area contributed by atoms with Crippen LogP contribution in [0.25, 0.3) is 0 Å². The van der Waals surface area contributed by atoms with Gasteiger partial charge in [0.2, 0.25) is 15.9 Å². The van der Waals surface area contributed by atoms with E-state index in [4.69, 9.17) is 23.2 Å². The molecule has 0 bridgehead atoms. The Bertz CT molecular complexity index is 1220. The van der Waals surface area contributed by atoms with Crippen LogP contribution in [0.15, 0.2) is 72.8 Å². The summed E-state index contributed by atoms with van der Waals surface area (Å²) in [7, 11) is -3.85. The van der Waals surface area contributed by atoms with Gasteiger partial charge in [-0.1, -0.05) is 77.8 Å². The Morgan fingerprint density at radius 3 is 2.22 bits per heavy atom. The summed E-state index contributed by atoms with van der Waals surface area (Å²) < 4.78 is 26.3. The van der Waals surface area contributed by atoms with Gasteiger partial charge in [0, 0.05) is 5.02 Å². The van der Waals surface area contributed by atoms with E-state index in [9.17, 15) is 13.2 Å². The van der Waals surface area contributed by atoms with E-state index >= 15 is 0 Å². The molecule has 168 valence electrons. The maximum Gasteiger partial charge on any atom is 0.244 e. The Hall–Kier alpha value is -2.54. The predicted molar refractivity (Wildman–Crippen MR) is 131 cm³/mol. The molecule has 0 unspecified atom stereocenters. The first-order valence-electron chi connectivity index (χ1n) is 9.95. The zero-order chi connectivity index (χ0) is 23.5. The fourth-order valence-electron chi connectivity index (χ4n) is 3.60. The fourth-order valence-corrected chi connectivity index (χ4v) is 5.20. The predicted octanol–water partition coefficient (Wildman–Crippen LogP) is 5.36. The Balaban J connectivity index is 2.01. The van der Waals surface area contributed by atoms with Crippen molar-refractivity contribution in [2.45, 2.75) is 25.9 Å². The van der Waals surface area contributed by atoms with Gasteiger partial charge in [-0.05, 0) is 48.7 Å². The topological polar surface area (TPSA) is 66.5 Å². The summed E-state index contributed by atoms with van der Waals surface area (Å²) in [6.07, 6.45) is 1.03. The van der Waals surface area contributed by atoms with Gasteiger partial charge in [-0.3, -0.25) is 9.10 Å². The summed E-state index contributed by atoms with van der Waals surface area (Å²) in [5.74, 6) is -0.469. The molecular formula is C24H24Cl2N2O3S. The van der Waals surface area contributed by atoms with Crippen molar-refractivity contribution >= 4 is 44.8 Å². The van der Waals surface area contributed by atoms with Gasteiger partial charge in [-0.2, -0.15) is 0 Å². The summed E-state index contributed by atoms with van der Waals surface area (Å²) in [4.78, 5) is 13.4. The molecule has 8 heteroatoms. The van der Waals surface area contributed by atoms with E-state index in [0.29, 0.717) is 5.02 Å². The number of rotatable bonds is 7. The van der Waals surface area contributed by atoms with Gasteiger partial charge in [-0.15, -0.1) is 0 Å². The van der Waals surface area contributed by atoms with Crippen LogP contribution in [0.5, 0.6) is 0 Å². The highest BCUT2D eigenvalue weighted by Crippen LogP contribution is 2.33. The Kier molecular flexibility index (Phi) is 7.49. The van der Waals surface area contributed by atoms with Crippen molar-refractivity contribution in [3.05, 3.63) is 99.5 Å². The molecule has 2 atom stereocenters. The summed E-state index contributed by atoms with van der Waals surface area (Å²) >= 11 is 12.3. The quantitative estimate of drug-likeness (QED) is 0.484. The highest BCUT2D eigenvalue weighted by molar-refractivity contribution is 7.92. The molecule has 32 heavy (non-hydrogen) atoms. The molecule has 3 aromatic rings. The summed E-state index contributed by atoms with van der Waals surface area (Å²) in [5, 5.41) is 3.52. The van der Waals surface area contributed by atoms with Gasteiger partial charge in [0.05, 0.1) is 23.0 Å². The number of nitrogens with one attached hydrogen (secondary N) is 1. The van der Waals surface area contributed by atoms with Crippen LogP contribution >= 0.6 is 23.2 Å². The highest BCUT2D eigenvalue weighted by atomic mass is 35.5. The van der Waals surface area contributed by atoms with E-state index in [1.165, 1.54) is 19.1 Å². The average molecular weight is 491 g/mol. The smallest absolute Gasteiger partial charge is 0.244 e. The SMILES string of the molecule is Cc1ccccc1[C@@H](NC(=O)[C@H](C)N(c1cc(Cl)ccc1Cl)S(C)(=O)=O)c1ccccc1. The zero-order valence-corrected chi connectivity index (χ0v) is 20.2. The monoisotopic (exact) mass is 490 g/mol. The van der Waals surface area contributed by atoms with Crippen LogP contribution < -0.4 is 9.62 Å². The number of sulfonamides is 1. The minimum Gasteiger partial charge on any atom is -0.343 e. The maximum atomic E-state index is 13.4. The normalized spacial score (nSPS) is 13.3. The lowest BCUT2D eigenvalue weighted by Crippen LogP contribution is -2.49. The van der Waals surface area contributed by atoms with Gasteiger partial charge < -0.3 is 5.32 Å². The highest BCUT2D eigenvalue weighted by Gasteiger charge is 2.32. The molecule has 0 saturated heterocycles. The van der Waals surface area contributed by atoms with Gasteiger partial charge >= 0.3 is 0 Å². The third-order valence-electron chi connectivity index (χ3n) is 5.15. The fraction of sp³-hybridized carbons (Fsp3) is 0.208. The number of hydrogen-bond acceptors (Lipinski definition) is 3. The molecule has 1 amide bonds. The lowest BCUT2D eigenvalue weighted by atomic mass is 9.94. The van der Waals surface area contributed by atoms with Crippen molar-refractivity contribution in [2.24, 2.45) is 0 Å². The summed E-state index contributed by atoms with van der Waals surface area (Å²) in [5.41, 5.74) is 2.96. The molecule has 0 aliphatic heterocycles. The molecule has 1 N–H and O–H groups in total. The number of hydrogen-bond donors (Lipinski definition) is 1. The molecule has 5 nitrogen and oxygen atoms in total. The molecule has 0 aliphatic carbocycles. The van der Waals surface area contributed by atoms with Crippen molar-refractivity contribution in [3.63, 3.8) is 0 Å². The van der Waals surface area contributed by atoms with Crippen molar-refractivity contribution in [2.75, 3.05) is 10.6 Å². The lowest BCUT2D eigenvalue weighted by molar-refractivity contribution is -0.122. The number of carbonyl (C=O) groups is 1. The second-order valence-electron chi connectivity index (χ2n) is 7.54. The van der Waals surface area contributed by atoms with Gasteiger partial charge in [-0.25, -0.2) is 8.42 Å². The standard InChI is InChI=1S/C24H24Cl2N2O3S/c1-16-9-7-8-12-20(16)23(18-10-5-4-6-11-18)27-24(29)17(2)28(32(3,30)31)22-15-19(25)13-14-21(22)26/h4-15,17,23H,1-3H3,(H,27,29)/t17-,23-/m0/s1. The molecule has 3 rings (SSSR count). The maximum absolute atomic E-state index is 13.4. The van der Waals surface area contributed by atoms with Crippen molar-refractivity contribution < 1.29 is 13.2 Å². The van der Waals surface area contributed by atoms with E-state index in [2.05, 4.69) is 5.32 Å². The van der Waals surface area contributed by atoms with Crippen LogP contribution in [0, 0.1) is 6.92 Å². The van der Waals surface area contributed by atoms with Crippen LogP contribution in [0.2, 0.25) is 10.0 Å². The van der Waals surface area contributed by atoms with E-state index in [-0.39, 0.29) is 10.7 Å². The Morgan fingerprint density at radius 1 is 0.969 bits per heavy atom. The second-order valence-corrected chi connectivity index (χ2v) is 10.2. The minimum absolute atomic E-state index is 0.150. The molecule has 0 spiro atoms. The lowest BCUT2D eigenvalue weighted by Gasteiger charge is -2.31. The number of aryl methyl sites for hydroxylation is 1. The van der Waals surface area contributed by atoms with Gasteiger partial charge in [0.1, 0.15) is 6.04 Å². The summed E-state index contributed by atoms with van der Waals surface area (Å²) in [6, 6.07) is 20.2. The van der Waals surface area contributed by atoms with Gasteiger partial charge in [0.15, 0.2) is 0 Å². The number of halogens is 2. The summed E-state index contributed by atoms with van der Waals surface area (Å²) in [6.45, 7) is 3.49. The van der Waals surface area contributed by atoms with Crippen LogP contribution in [0.1, 0.15) is 29.7 Å². The van der Waals surface area contributed by atoms with Crippen molar-refractivity contribution in [3.8, 4) is 0 Å². The first kappa shape index (κ1) is 24.1. The van der Waals surface area contributed by atoms with Crippen LogP contribution in [-0.2, 0) is 14.8 Å². The Morgan fingerprint density at radius 2 is 1.59 bits per heavy atom. The second kappa shape index (κ2) is 9.94. The van der Waals surface area contributed by atoms with Gasteiger partial charge in [0.25, 0.3) is 0 Å². The number of carbonyl (C=O) groups excluding carboxylic acids is 1. The van der Waals surface area contributed by atoms with Crippen LogP contribution in [0.3, 0.4) is 0 Å². The number of amides is 1. The Labute approximate surface area is 199 Å². The van der Waals surface area contributed by atoms with Crippen LogP contribution in [-0.4, -0.2) is 26.6 Å². The third-order valence-corrected chi connectivity index (χ3v) is 6.94. The number of anilines is 1. The van der Waals surface area contributed by atoms with Crippen molar-refractivity contribution in [1.82, 2.24) is 5.32 Å². The molecule has 0 saturated carbocycles. The molecule has 3 aromatic carbocycles. The molecular weight excluding hydrogens is 467 g/mol. The molecule has 0 fully saturated rings. The average Bonchev–Trinajstić information content (AvgIpc) is 2.74. The van der Waals surface area contributed by atoms with Crippen LogP contribution in [0.4, 0.5) is 5.69 Å². The zero-order valence-electron chi connectivity index (χ0n) is 17.9. The van der Waals surface area contributed by atoms with E-state index in [1.54, 1.807) is 6.07 Å². The minimum atomic E-state index is -3.85.